The lowest BCUT2D eigenvalue weighted by Gasteiger charge is -2.27. The average Bonchev–Trinajstić information content (AvgIpc) is 2.89. The van der Waals surface area contributed by atoms with E-state index in [9.17, 15) is 4.79 Å². The van der Waals surface area contributed by atoms with E-state index in [0.717, 1.165) is 25.2 Å². The Morgan fingerprint density at radius 2 is 2.05 bits per heavy atom. The molecule has 2 heterocycles. The van der Waals surface area contributed by atoms with Crippen LogP contribution in [0.5, 0.6) is 0 Å². The molecule has 1 aliphatic heterocycles. The Balaban J connectivity index is 1.74. The number of likely N-dealkylation sites (tertiary alicyclic amines) is 1. The highest BCUT2D eigenvalue weighted by Crippen LogP contribution is 2.23. The summed E-state index contributed by atoms with van der Waals surface area (Å²) in [5.74, 6) is 0.298. The highest BCUT2D eigenvalue weighted by Gasteiger charge is 2.21. The first-order valence-corrected chi connectivity index (χ1v) is 8.14. The molecule has 0 radical (unpaired) electrons. The van der Waals surface area contributed by atoms with E-state index in [1.807, 2.05) is 6.07 Å². The van der Waals surface area contributed by atoms with Gasteiger partial charge < -0.3 is 0 Å². The number of carbonyl (C=O) groups is 1. The van der Waals surface area contributed by atoms with Crippen molar-refractivity contribution in [2.45, 2.75) is 19.9 Å². The normalized spacial score (nSPS) is 18.3. The van der Waals surface area contributed by atoms with Crippen molar-refractivity contribution in [3.05, 3.63) is 63.4 Å². The van der Waals surface area contributed by atoms with Crippen LogP contribution in [0.2, 0.25) is 0 Å². The minimum absolute atomic E-state index is 0.298. The summed E-state index contributed by atoms with van der Waals surface area (Å²) in [5.41, 5.74) is 3.50. The minimum Gasteiger partial charge on any atom is -0.294 e. The summed E-state index contributed by atoms with van der Waals surface area (Å²) in [6.07, 6.45) is 2.71. The molecule has 1 aromatic carbocycles. The summed E-state index contributed by atoms with van der Waals surface area (Å²) in [7, 11) is 0. The molecule has 0 aliphatic carbocycles. The zero-order valence-electron chi connectivity index (χ0n) is 12.2. The van der Waals surface area contributed by atoms with Gasteiger partial charge in [-0.1, -0.05) is 30.3 Å². The van der Waals surface area contributed by atoms with Gasteiger partial charge in [0.05, 0.1) is 0 Å². The largest absolute Gasteiger partial charge is 0.294 e. The van der Waals surface area contributed by atoms with Crippen LogP contribution in [0.1, 0.15) is 22.4 Å². The van der Waals surface area contributed by atoms with E-state index in [-0.39, 0.29) is 0 Å². The van der Waals surface area contributed by atoms with Gasteiger partial charge in [-0.15, -0.1) is 11.3 Å². The standard InChI is InChI=1S/C18H19NOS/c1-14-8-10-21-18(14)11-16-13-19(9-7-17(16)20)12-15-5-3-2-4-6-15/h2-6,8,10-11H,7,9,12-13H2,1H3/b16-11+. The van der Waals surface area contributed by atoms with Gasteiger partial charge in [0.1, 0.15) is 0 Å². The molecule has 0 amide bonds. The summed E-state index contributed by atoms with van der Waals surface area (Å²) < 4.78 is 0. The molecular weight excluding hydrogens is 278 g/mol. The number of rotatable bonds is 3. The molecule has 0 saturated carbocycles. The Labute approximate surface area is 129 Å². The third kappa shape index (κ3) is 3.49. The molecule has 1 saturated heterocycles. The first-order chi connectivity index (χ1) is 10.2. The van der Waals surface area contributed by atoms with Crippen molar-refractivity contribution in [3.63, 3.8) is 0 Å². The van der Waals surface area contributed by atoms with E-state index < -0.39 is 0 Å². The SMILES string of the molecule is Cc1ccsc1/C=C1\CN(Cc2ccccc2)CCC1=O. The minimum atomic E-state index is 0.298. The summed E-state index contributed by atoms with van der Waals surface area (Å²) >= 11 is 1.70. The van der Waals surface area contributed by atoms with Crippen LogP contribution in [-0.4, -0.2) is 23.8 Å². The fourth-order valence-electron chi connectivity index (χ4n) is 2.62. The molecule has 2 aromatic rings. The second-order valence-electron chi connectivity index (χ2n) is 5.51. The summed E-state index contributed by atoms with van der Waals surface area (Å²) in [6, 6.07) is 12.6. The van der Waals surface area contributed by atoms with Crippen molar-refractivity contribution in [1.29, 1.82) is 0 Å². The van der Waals surface area contributed by atoms with Crippen LogP contribution in [0.25, 0.3) is 6.08 Å². The molecule has 0 atom stereocenters. The number of piperidine rings is 1. The average molecular weight is 297 g/mol. The Kier molecular flexibility index (Phi) is 4.32. The van der Waals surface area contributed by atoms with Crippen LogP contribution in [-0.2, 0) is 11.3 Å². The van der Waals surface area contributed by atoms with Crippen LogP contribution in [0.3, 0.4) is 0 Å². The molecule has 0 bridgehead atoms. The highest BCUT2D eigenvalue weighted by atomic mass is 32.1. The van der Waals surface area contributed by atoms with Gasteiger partial charge in [0, 0.05) is 36.5 Å². The van der Waals surface area contributed by atoms with Crippen molar-refractivity contribution in [1.82, 2.24) is 4.90 Å². The van der Waals surface area contributed by atoms with E-state index in [1.54, 1.807) is 11.3 Å². The smallest absolute Gasteiger partial charge is 0.161 e. The van der Waals surface area contributed by atoms with Gasteiger partial charge in [0.25, 0.3) is 0 Å². The predicted octanol–water partition coefficient (Wildman–Crippen LogP) is 3.91. The van der Waals surface area contributed by atoms with Crippen LogP contribution in [0.4, 0.5) is 0 Å². The topological polar surface area (TPSA) is 20.3 Å². The van der Waals surface area contributed by atoms with Gasteiger partial charge in [-0.25, -0.2) is 0 Å². The number of hydrogen-bond acceptors (Lipinski definition) is 3. The quantitative estimate of drug-likeness (QED) is 0.800. The molecule has 0 spiro atoms. The van der Waals surface area contributed by atoms with Crippen molar-refractivity contribution in [2.75, 3.05) is 13.1 Å². The molecular formula is C18H19NOS. The summed E-state index contributed by atoms with van der Waals surface area (Å²) in [4.78, 5) is 15.7. The number of Topliss-reactive ketones (excluding diaryl/α,β-unsaturated/α-hetero) is 1. The molecule has 21 heavy (non-hydrogen) atoms. The lowest BCUT2D eigenvalue weighted by Crippen LogP contribution is -2.35. The van der Waals surface area contributed by atoms with Crippen LogP contribution in [0, 0.1) is 6.92 Å². The maximum Gasteiger partial charge on any atom is 0.161 e. The van der Waals surface area contributed by atoms with Gasteiger partial charge in [-0.2, -0.15) is 0 Å². The second-order valence-corrected chi connectivity index (χ2v) is 6.45. The van der Waals surface area contributed by atoms with E-state index in [4.69, 9.17) is 0 Å². The first kappa shape index (κ1) is 14.2. The zero-order chi connectivity index (χ0) is 14.7. The number of aryl methyl sites for hydroxylation is 1. The van der Waals surface area contributed by atoms with Crippen molar-refractivity contribution < 1.29 is 4.79 Å². The van der Waals surface area contributed by atoms with Gasteiger partial charge in [-0.05, 0) is 35.6 Å². The fourth-order valence-corrected chi connectivity index (χ4v) is 3.50. The van der Waals surface area contributed by atoms with Crippen LogP contribution in [0.15, 0.2) is 47.4 Å². The molecule has 3 heteroatoms. The maximum absolute atomic E-state index is 12.1. The Hall–Kier alpha value is -1.71. The molecule has 108 valence electrons. The third-order valence-electron chi connectivity index (χ3n) is 3.86. The van der Waals surface area contributed by atoms with E-state index in [0.29, 0.717) is 12.2 Å². The Bertz CT molecular complexity index is 657. The van der Waals surface area contributed by atoms with Gasteiger partial charge >= 0.3 is 0 Å². The second kappa shape index (κ2) is 6.37. The number of benzene rings is 1. The van der Waals surface area contributed by atoms with E-state index in [2.05, 4.69) is 53.6 Å². The number of hydrogen-bond donors (Lipinski definition) is 0. The van der Waals surface area contributed by atoms with E-state index >= 15 is 0 Å². The molecule has 3 rings (SSSR count). The molecule has 2 nitrogen and oxygen atoms in total. The third-order valence-corrected chi connectivity index (χ3v) is 4.83. The Morgan fingerprint density at radius 3 is 2.76 bits per heavy atom. The maximum atomic E-state index is 12.1. The van der Waals surface area contributed by atoms with E-state index in [1.165, 1.54) is 16.0 Å². The zero-order valence-corrected chi connectivity index (χ0v) is 13.0. The summed E-state index contributed by atoms with van der Waals surface area (Å²) in [5, 5.41) is 2.08. The van der Waals surface area contributed by atoms with Crippen LogP contribution >= 0.6 is 11.3 Å². The van der Waals surface area contributed by atoms with Crippen molar-refractivity contribution in [2.24, 2.45) is 0 Å². The number of nitrogens with zero attached hydrogens (tertiary/aromatic N) is 1. The molecule has 1 aliphatic rings. The number of thiophene rings is 1. The van der Waals surface area contributed by atoms with Crippen molar-refractivity contribution in [3.8, 4) is 0 Å². The molecule has 0 N–H and O–H groups in total. The monoisotopic (exact) mass is 297 g/mol. The molecule has 1 aromatic heterocycles. The van der Waals surface area contributed by atoms with Gasteiger partial charge in [-0.3, -0.25) is 9.69 Å². The molecule has 0 unspecified atom stereocenters. The Morgan fingerprint density at radius 1 is 1.24 bits per heavy atom. The lowest BCUT2D eigenvalue weighted by molar-refractivity contribution is -0.117. The lowest BCUT2D eigenvalue weighted by atomic mass is 10.0. The number of ketones is 1. The number of carbonyl (C=O) groups excluding carboxylic acids is 1. The fraction of sp³-hybridized carbons (Fsp3) is 0.278. The van der Waals surface area contributed by atoms with Gasteiger partial charge in [0.15, 0.2) is 5.78 Å². The summed E-state index contributed by atoms with van der Waals surface area (Å²) in [6.45, 7) is 4.62. The first-order valence-electron chi connectivity index (χ1n) is 7.26. The van der Waals surface area contributed by atoms with Crippen LogP contribution < -0.4 is 0 Å². The predicted molar refractivity (Wildman–Crippen MR) is 88.4 cm³/mol. The van der Waals surface area contributed by atoms with Gasteiger partial charge in [0.2, 0.25) is 0 Å². The highest BCUT2D eigenvalue weighted by molar-refractivity contribution is 7.11. The molecule has 1 fully saturated rings. The van der Waals surface area contributed by atoms with Crippen molar-refractivity contribution >= 4 is 23.2 Å².